The van der Waals surface area contributed by atoms with Crippen LogP contribution in [-0.4, -0.2) is 23.9 Å². The Kier molecular flexibility index (Phi) is 4.17. The first kappa shape index (κ1) is 13.9. The summed E-state index contributed by atoms with van der Waals surface area (Å²) in [6.45, 7) is 0. The number of guanidine groups is 1. The Balaban J connectivity index is 0.00000162. The van der Waals surface area contributed by atoms with Crippen molar-refractivity contribution in [2.24, 2.45) is 10.7 Å². The van der Waals surface area contributed by atoms with Gasteiger partial charge in [0, 0.05) is 23.6 Å². The van der Waals surface area contributed by atoms with Crippen molar-refractivity contribution in [3.63, 3.8) is 0 Å². The van der Waals surface area contributed by atoms with Gasteiger partial charge >= 0.3 is 0 Å². The second-order valence-corrected chi connectivity index (χ2v) is 3.54. The van der Waals surface area contributed by atoms with Crippen molar-refractivity contribution in [2.75, 3.05) is 12.8 Å². The molecule has 0 radical (unpaired) electrons. The highest BCUT2D eigenvalue weighted by Gasteiger charge is 2.10. The van der Waals surface area contributed by atoms with Crippen LogP contribution >= 0.6 is 12.4 Å². The number of aromatic amines is 1. The number of carbonyl (C=O) groups excluding carboxylic acids is 1. The lowest BCUT2D eigenvalue weighted by molar-refractivity contribution is 0.0998. The van der Waals surface area contributed by atoms with E-state index in [2.05, 4.69) is 15.3 Å². The van der Waals surface area contributed by atoms with E-state index < -0.39 is 5.91 Å². The van der Waals surface area contributed by atoms with E-state index in [9.17, 15) is 4.79 Å². The van der Waals surface area contributed by atoms with E-state index in [1.807, 2.05) is 12.1 Å². The first-order chi connectivity index (χ1) is 8.11. The summed E-state index contributed by atoms with van der Waals surface area (Å²) in [6, 6.07) is 7.09. The average Bonchev–Trinajstić information content (AvgIpc) is 2.74. The SMILES string of the molecule is CNC(N)=NC(=O)c1cc2c(N)cccc2[nH]1.Cl. The lowest BCUT2D eigenvalue weighted by atomic mass is 10.2. The first-order valence-corrected chi connectivity index (χ1v) is 5.05. The number of aliphatic imine (C=N–C) groups is 1. The molecular formula is C11H14ClN5O. The van der Waals surface area contributed by atoms with E-state index in [1.54, 1.807) is 19.2 Å². The van der Waals surface area contributed by atoms with Gasteiger partial charge in [0.05, 0.1) is 0 Å². The Morgan fingerprint density at radius 3 is 2.78 bits per heavy atom. The molecule has 0 spiro atoms. The number of rotatable bonds is 1. The highest BCUT2D eigenvalue weighted by atomic mass is 35.5. The summed E-state index contributed by atoms with van der Waals surface area (Å²) in [4.78, 5) is 18.3. The van der Waals surface area contributed by atoms with Gasteiger partial charge in [-0.3, -0.25) is 4.79 Å². The highest BCUT2D eigenvalue weighted by molar-refractivity contribution is 6.05. The predicted octanol–water partition coefficient (Wildman–Crippen LogP) is 0.846. The van der Waals surface area contributed by atoms with Gasteiger partial charge in [0.1, 0.15) is 5.69 Å². The molecule has 0 fully saturated rings. The Morgan fingerprint density at radius 2 is 2.17 bits per heavy atom. The van der Waals surface area contributed by atoms with Gasteiger partial charge in [-0.1, -0.05) is 6.07 Å². The molecule has 0 saturated carbocycles. The Morgan fingerprint density at radius 1 is 1.44 bits per heavy atom. The number of aromatic nitrogens is 1. The molecule has 2 rings (SSSR count). The van der Waals surface area contributed by atoms with Crippen LogP contribution in [-0.2, 0) is 0 Å². The molecule has 1 heterocycles. The number of nitrogens with one attached hydrogen (secondary N) is 2. The molecule has 18 heavy (non-hydrogen) atoms. The van der Waals surface area contributed by atoms with Gasteiger partial charge < -0.3 is 21.8 Å². The van der Waals surface area contributed by atoms with Gasteiger partial charge in [0.25, 0.3) is 5.91 Å². The van der Waals surface area contributed by atoms with Gasteiger partial charge in [-0.25, -0.2) is 0 Å². The molecule has 0 unspecified atom stereocenters. The molecule has 0 atom stereocenters. The molecular weight excluding hydrogens is 254 g/mol. The van der Waals surface area contributed by atoms with Crippen LogP contribution < -0.4 is 16.8 Å². The highest BCUT2D eigenvalue weighted by Crippen LogP contribution is 2.21. The van der Waals surface area contributed by atoms with Crippen LogP contribution in [0.15, 0.2) is 29.3 Å². The predicted molar refractivity (Wildman–Crippen MR) is 75.0 cm³/mol. The number of hydrogen-bond donors (Lipinski definition) is 4. The van der Waals surface area contributed by atoms with Crippen molar-refractivity contribution in [3.8, 4) is 0 Å². The average molecular weight is 268 g/mol. The number of nitrogen functional groups attached to an aromatic ring is 1. The maximum atomic E-state index is 11.7. The zero-order valence-electron chi connectivity index (χ0n) is 9.73. The molecule has 1 aromatic carbocycles. The van der Waals surface area contributed by atoms with E-state index in [0.717, 1.165) is 10.9 Å². The van der Waals surface area contributed by atoms with Gasteiger partial charge in [-0.15, -0.1) is 12.4 Å². The molecule has 0 bridgehead atoms. The number of hydrogen-bond acceptors (Lipinski definition) is 2. The molecule has 0 saturated heterocycles. The van der Waals surface area contributed by atoms with Crippen molar-refractivity contribution in [1.82, 2.24) is 10.3 Å². The number of fused-ring (bicyclic) bond motifs is 1. The third kappa shape index (κ3) is 2.54. The van der Waals surface area contributed by atoms with Crippen LogP contribution in [0.5, 0.6) is 0 Å². The third-order valence-electron chi connectivity index (χ3n) is 2.41. The summed E-state index contributed by atoms with van der Waals surface area (Å²) < 4.78 is 0. The minimum atomic E-state index is -0.438. The molecule has 0 aliphatic rings. The third-order valence-corrected chi connectivity index (χ3v) is 2.41. The number of nitrogens with zero attached hydrogens (tertiary/aromatic N) is 1. The number of benzene rings is 1. The second-order valence-electron chi connectivity index (χ2n) is 3.54. The largest absolute Gasteiger partial charge is 0.398 e. The standard InChI is InChI=1S/C11H13N5O.ClH/c1-14-11(13)16-10(17)9-5-6-7(12)3-2-4-8(6)15-9;/h2-5,15H,12H2,1H3,(H3,13,14,16,17);1H. The first-order valence-electron chi connectivity index (χ1n) is 5.05. The van der Waals surface area contributed by atoms with Crippen LogP contribution in [0.2, 0.25) is 0 Å². The molecule has 1 amide bonds. The molecule has 2 aromatic rings. The summed E-state index contributed by atoms with van der Waals surface area (Å²) in [5.74, 6) is -0.367. The molecule has 0 aliphatic carbocycles. The minimum absolute atomic E-state index is 0. The maximum Gasteiger partial charge on any atom is 0.296 e. The van der Waals surface area contributed by atoms with Crippen LogP contribution in [0, 0.1) is 0 Å². The fraction of sp³-hybridized carbons (Fsp3) is 0.0909. The van der Waals surface area contributed by atoms with E-state index in [-0.39, 0.29) is 18.4 Å². The lowest BCUT2D eigenvalue weighted by Crippen LogP contribution is -2.28. The summed E-state index contributed by atoms with van der Waals surface area (Å²) in [6.07, 6.45) is 0. The van der Waals surface area contributed by atoms with Crippen LogP contribution in [0.3, 0.4) is 0 Å². The number of H-pyrrole nitrogens is 1. The van der Waals surface area contributed by atoms with Crippen molar-refractivity contribution in [3.05, 3.63) is 30.0 Å². The van der Waals surface area contributed by atoms with Crippen molar-refractivity contribution in [2.45, 2.75) is 0 Å². The van der Waals surface area contributed by atoms with Gasteiger partial charge in [-0.05, 0) is 18.2 Å². The molecule has 0 aliphatic heterocycles. The zero-order valence-corrected chi connectivity index (χ0v) is 10.5. The molecule has 96 valence electrons. The number of nitrogens with two attached hydrogens (primary N) is 2. The normalized spacial score (nSPS) is 11.1. The smallest absolute Gasteiger partial charge is 0.296 e. The summed E-state index contributed by atoms with van der Waals surface area (Å²) in [5, 5.41) is 3.38. The molecule has 6 N–H and O–H groups in total. The lowest BCUT2D eigenvalue weighted by Gasteiger charge is -1.95. The molecule has 1 aromatic heterocycles. The zero-order chi connectivity index (χ0) is 12.4. The Hall–Kier alpha value is -2.21. The van der Waals surface area contributed by atoms with E-state index >= 15 is 0 Å². The fourth-order valence-electron chi connectivity index (χ4n) is 1.52. The second kappa shape index (κ2) is 5.42. The van der Waals surface area contributed by atoms with Crippen LogP contribution in [0.1, 0.15) is 10.5 Å². The monoisotopic (exact) mass is 267 g/mol. The van der Waals surface area contributed by atoms with Gasteiger partial charge in [0.2, 0.25) is 0 Å². The maximum absolute atomic E-state index is 11.7. The molecule has 6 nitrogen and oxygen atoms in total. The van der Waals surface area contributed by atoms with Crippen molar-refractivity contribution >= 4 is 40.9 Å². The van der Waals surface area contributed by atoms with Crippen molar-refractivity contribution in [1.29, 1.82) is 0 Å². The summed E-state index contributed by atoms with van der Waals surface area (Å²) in [5.41, 5.74) is 13.0. The van der Waals surface area contributed by atoms with Gasteiger partial charge in [0.15, 0.2) is 5.96 Å². The number of halogens is 1. The minimum Gasteiger partial charge on any atom is -0.398 e. The van der Waals surface area contributed by atoms with Crippen molar-refractivity contribution < 1.29 is 4.79 Å². The van der Waals surface area contributed by atoms with Crippen LogP contribution in [0.25, 0.3) is 10.9 Å². The van der Waals surface area contributed by atoms with Gasteiger partial charge in [-0.2, -0.15) is 4.99 Å². The quantitative estimate of drug-likeness (QED) is 0.349. The summed E-state index contributed by atoms with van der Waals surface area (Å²) >= 11 is 0. The number of carbonyl (C=O) groups is 1. The Labute approximate surface area is 110 Å². The fourth-order valence-corrected chi connectivity index (χ4v) is 1.52. The topological polar surface area (TPSA) is 109 Å². The number of amides is 1. The number of anilines is 1. The molecule has 7 heteroatoms. The van der Waals surface area contributed by atoms with E-state index in [0.29, 0.717) is 11.4 Å². The Bertz CT molecular complexity index is 604. The summed E-state index contributed by atoms with van der Waals surface area (Å²) in [7, 11) is 1.59. The van der Waals surface area contributed by atoms with E-state index in [4.69, 9.17) is 11.5 Å². The van der Waals surface area contributed by atoms with Crippen LogP contribution in [0.4, 0.5) is 5.69 Å². The van der Waals surface area contributed by atoms with E-state index in [1.165, 1.54) is 0 Å².